The van der Waals surface area contributed by atoms with Crippen LogP contribution in [-0.4, -0.2) is 18.5 Å². The largest absolute Gasteiger partial charge is 0.377 e. The highest BCUT2D eigenvalue weighted by Gasteiger charge is 2.41. The average Bonchev–Trinajstić information content (AvgIpc) is 2.39. The highest BCUT2D eigenvalue weighted by molar-refractivity contribution is 5.98. The molecule has 2 nitrogen and oxygen atoms in total. The zero-order chi connectivity index (χ0) is 12.5. The maximum absolute atomic E-state index is 11.9. The van der Waals surface area contributed by atoms with E-state index in [4.69, 9.17) is 4.74 Å². The van der Waals surface area contributed by atoms with Gasteiger partial charge in [0.1, 0.15) is 5.78 Å². The third-order valence-corrected chi connectivity index (χ3v) is 3.66. The van der Waals surface area contributed by atoms with Crippen molar-refractivity contribution in [1.82, 2.24) is 0 Å². The van der Waals surface area contributed by atoms with E-state index >= 15 is 0 Å². The highest BCUT2D eigenvalue weighted by atomic mass is 16.5. The second kappa shape index (κ2) is 4.54. The lowest BCUT2D eigenvalue weighted by Crippen LogP contribution is -2.41. The molecule has 0 aliphatic heterocycles. The average molecular weight is 240 g/mol. The van der Waals surface area contributed by atoms with Gasteiger partial charge in [-0.2, -0.15) is 0 Å². The monoisotopic (exact) mass is 240 g/mol. The molecule has 0 unspecified atom stereocenters. The molecule has 0 N–H and O–H groups in total. The van der Waals surface area contributed by atoms with Crippen molar-refractivity contribution in [2.75, 3.05) is 6.61 Å². The maximum Gasteiger partial charge on any atom is 0.145 e. The number of ether oxygens (including phenoxy) is 1. The molecule has 2 aromatic rings. The number of rotatable bonds is 3. The van der Waals surface area contributed by atoms with Crippen molar-refractivity contribution < 1.29 is 9.53 Å². The summed E-state index contributed by atoms with van der Waals surface area (Å²) in [4.78, 5) is 11.9. The summed E-state index contributed by atoms with van der Waals surface area (Å²) in [6, 6.07) is 14.4. The molecule has 0 spiro atoms. The van der Waals surface area contributed by atoms with Crippen molar-refractivity contribution in [2.45, 2.75) is 25.4 Å². The number of hydrogen-bond donors (Lipinski definition) is 0. The number of fused-ring (bicyclic) bond motifs is 1. The van der Waals surface area contributed by atoms with Gasteiger partial charge >= 0.3 is 0 Å². The predicted molar refractivity (Wildman–Crippen MR) is 71.7 cm³/mol. The van der Waals surface area contributed by atoms with Gasteiger partial charge < -0.3 is 4.74 Å². The quantitative estimate of drug-likeness (QED) is 0.822. The molecular formula is C16H16O2. The van der Waals surface area contributed by atoms with Crippen LogP contribution in [-0.2, 0) is 9.53 Å². The van der Waals surface area contributed by atoms with Crippen LogP contribution < -0.4 is 0 Å². The summed E-state index contributed by atoms with van der Waals surface area (Å²) in [5, 5.41) is 2.35. The fourth-order valence-corrected chi connectivity index (χ4v) is 2.75. The number of hydrogen-bond acceptors (Lipinski definition) is 2. The van der Waals surface area contributed by atoms with E-state index in [-0.39, 0.29) is 12.0 Å². The normalized spacial score (nSPS) is 23.1. The Morgan fingerprint density at radius 2 is 1.94 bits per heavy atom. The molecule has 1 fully saturated rings. The molecule has 1 saturated carbocycles. The molecule has 0 bridgehead atoms. The van der Waals surface area contributed by atoms with Gasteiger partial charge in [0.15, 0.2) is 0 Å². The molecule has 3 rings (SSSR count). The minimum Gasteiger partial charge on any atom is -0.377 e. The van der Waals surface area contributed by atoms with Crippen molar-refractivity contribution in [3.05, 3.63) is 48.0 Å². The lowest BCUT2D eigenvalue weighted by atomic mass is 9.74. The Labute approximate surface area is 107 Å². The first kappa shape index (κ1) is 11.4. The van der Waals surface area contributed by atoms with Crippen molar-refractivity contribution in [3.8, 4) is 0 Å². The summed E-state index contributed by atoms with van der Waals surface area (Å²) in [5.74, 6) is 0.223. The SMILES string of the molecule is CCO[C@@H]1CC(=O)[C@H]1c1cccc2ccccc12. The van der Waals surface area contributed by atoms with Crippen LogP contribution in [0.3, 0.4) is 0 Å². The zero-order valence-electron chi connectivity index (χ0n) is 10.4. The molecule has 0 amide bonds. The Kier molecular flexibility index (Phi) is 2.88. The third kappa shape index (κ3) is 1.73. The second-order valence-corrected chi connectivity index (χ2v) is 4.71. The summed E-state index contributed by atoms with van der Waals surface area (Å²) >= 11 is 0. The van der Waals surface area contributed by atoms with Crippen LogP contribution in [0.5, 0.6) is 0 Å². The second-order valence-electron chi connectivity index (χ2n) is 4.71. The molecule has 18 heavy (non-hydrogen) atoms. The van der Waals surface area contributed by atoms with Gasteiger partial charge in [0.25, 0.3) is 0 Å². The Hall–Kier alpha value is -1.67. The topological polar surface area (TPSA) is 26.3 Å². The summed E-state index contributed by atoms with van der Waals surface area (Å²) in [6.45, 7) is 2.64. The van der Waals surface area contributed by atoms with Gasteiger partial charge in [-0.1, -0.05) is 42.5 Å². The summed E-state index contributed by atoms with van der Waals surface area (Å²) in [7, 11) is 0. The summed E-state index contributed by atoms with van der Waals surface area (Å²) in [5.41, 5.74) is 1.11. The molecule has 0 saturated heterocycles. The van der Waals surface area contributed by atoms with Crippen molar-refractivity contribution in [1.29, 1.82) is 0 Å². The zero-order valence-corrected chi connectivity index (χ0v) is 10.4. The molecule has 0 aromatic heterocycles. The van der Waals surface area contributed by atoms with Crippen molar-refractivity contribution in [2.24, 2.45) is 0 Å². The third-order valence-electron chi connectivity index (χ3n) is 3.66. The van der Waals surface area contributed by atoms with E-state index in [1.165, 1.54) is 10.8 Å². The Balaban J connectivity index is 2.06. The minimum absolute atomic E-state index is 0.0632. The van der Waals surface area contributed by atoms with E-state index in [0.717, 1.165) is 5.56 Å². The van der Waals surface area contributed by atoms with Crippen LogP contribution in [0.4, 0.5) is 0 Å². The van der Waals surface area contributed by atoms with Gasteiger partial charge in [0.05, 0.1) is 12.0 Å². The number of benzene rings is 2. The van der Waals surface area contributed by atoms with Crippen LogP contribution in [0.15, 0.2) is 42.5 Å². The lowest BCUT2D eigenvalue weighted by molar-refractivity contribution is -0.137. The van der Waals surface area contributed by atoms with Crippen LogP contribution in [0.1, 0.15) is 24.8 Å². The maximum atomic E-state index is 11.9. The van der Waals surface area contributed by atoms with E-state index < -0.39 is 0 Å². The molecular weight excluding hydrogens is 224 g/mol. The fourth-order valence-electron chi connectivity index (χ4n) is 2.75. The van der Waals surface area contributed by atoms with Crippen LogP contribution >= 0.6 is 0 Å². The molecule has 2 atom stereocenters. The van der Waals surface area contributed by atoms with Crippen molar-refractivity contribution >= 4 is 16.6 Å². The van der Waals surface area contributed by atoms with Crippen LogP contribution in [0, 0.1) is 0 Å². The highest BCUT2D eigenvalue weighted by Crippen LogP contribution is 2.39. The van der Waals surface area contributed by atoms with E-state index in [2.05, 4.69) is 24.3 Å². The lowest BCUT2D eigenvalue weighted by Gasteiger charge is -2.35. The van der Waals surface area contributed by atoms with Crippen molar-refractivity contribution in [3.63, 3.8) is 0 Å². The van der Waals surface area contributed by atoms with Gasteiger partial charge in [-0.25, -0.2) is 0 Å². The predicted octanol–water partition coefficient (Wildman–Crippen LogP) is 3.30. The van der Waals surface area contributed by atoms with Gasteiger partial charge in [-0.05, 0) is 23.3 Å². The van der Waals surface area contributed by atoms with Crippen LogP contribution in [0.25, 0.3) is 10.8 Å². The fraction of sp³-hybridized carbons (Fsp3) is 0.312. The smallest absolute Gasteiger partial charge is 0.145 e. The first-order valence-electron chi connectivity index (χ1n) is 6.43. The van der Waals surface area contributed by atoms with Gasteiger partial charge in [0.2, 0.25) is 0 Å². The van der Waals surface area contributed by atoms with Gasteiger partial charge in [0, 0.05) is 13.0 Å². The first-order chi connectivity index (χ1) is 8.81. The standard InChI is InChI=1S/C16H16O2/c1-2-18-15-10-14(17)16(15)13-9-5-7-11-6-3-4-8-12(11)13/h3-9,15-16H,2,10H2,1H3/t15-,16-/m1/s1. The van der Waals surface area contributed by atoms with Gasteiger partial charge in [-0.3, -0.25) is 4.79 Å². The summed E-state index contributed by atoms with van der Waals surface area (Å²) < 4.78 is 5.64. The van der Waals surface area contributed by atoms with E-state index in [9.17, 15) is 4.79 Å². The number of Topliss-reactive ketones (excluding diaryl/α,β-unsaturated/α-hetero) is 1. The minimum atomic E-state index is -0.0731. The van der Waals surface area contributed by atoms with Gasteiger partial charge in [-0.15, -0.1) is 0 Å². The molecule has 1 aliphatic rings. The number of carbonyl (C=O) groups excluding carboxylic acids is 1. The van der Waals surface area contributed by atoms with E-state index in [0.29, 0.717) is 18.8 Å². The molecule has 2 aromatic carbocycles. The molecule has 0 radical (unpaired) electrons. The molecule has 2 heteroatoms. The van der Waals surface area contributed by atoms with Crippen LogP contribution in [0.2, 0.25) is 0 Å². The summed E-state index contributed by atoms with van der Waals surface area (Å²) in [6.07, 6.45) is 0.621. The van der Waals surface area contributed by atoms with E-state index in [1.54, 1.807) is 0 Å². The number of ketones is 1. The molecule has 1 aliphatic carbocycles. The van der Waals surface area contributed by atoms with E-state index in [1.807, 2.05) is 25.1 Å². The molecule has 0 heterocycles. The Morgan fingerprint density at radius 1 is 1.17 bits per heavy atom. The first-order valence-corrected chi connectivity index (χ1v) is 6.43. The molecule has 92 valence electrons. The Bertz CT molecular complexity index is 583. The Morgan fingerprint density at radius 3 is 2.72 bits per heavy atom. The number of carbonyl (C=O) groups is 1.